The van der Waals surface area contributed by atoms with E-state index in [0.29, 0.717) is 20.1 Å². The van der Waals surface area contributed by atoms with E-state index >= 15 is 0 Å². The molecule has 0 fully saturated rings. The van der Waals surface area contributed by atoms with Crippen molar-refractivity contribution >= 4 is 82.1 Å². The van der Waals surface area contributed by atoms with Crippen LogP contribution in [0.3, 0.4) is 0 Å². The molecule has 0 atom stereocenters. The first kappa shape index (κ1) is 26.2. The largest absolute Gasteiger partial charge is 0.484 e. The molecule has 0 aliphatic rings. The monoisotopic (exact) mass is 538 g/mol. The molecular weight excluding hydrogens is 516 g/mol. The minimum absolute atomic E-state index is 0.434. The smallest absolute Gasteiger partial charge is 0.347 e. The molecule has 176 valence electrons. The molecule has 0 unspecified atom stereocenters. The Balaban J connectivity index is 1.88. The quantitative estimate of drug-likeness (QED) is 0.256. The van der Waals surface area contributed by atoms with Crippen molar-refractivity contribution in [2.75, 3.05) is 0 Å². The Morgan fingerprint density at radius 1 is 0.429 bits per heavy atom. The zero-order chi connectivity index (χ0) is 25.3. The van der Waals surface area contributed by atoms with Gasteiger partial charge in [0.05, 0.1) is 0 Å². The second kappa shape index (κ2) is 11.0. The number of hydrogen-bond donors (Lipinski definition) is 0. The SMILES string of the molecule is Cc1ccc(B(OB(c2ccc(C)c(Cl)c2)c2ccc(C)c(Cl)c2)c2ccc(C)c(Cl)c2)cc1Cl. The van der Waals surface area contributed by atoms with Crippen molar-refractivity contribution < 1.29 is 4.57 Å². The third kappa shape index (κ3) is 5.93. The molecule has 35 heavy (non-hydrogen) atoms. The number of hydrogen-bond acceptors (Lipinski definition) is 1. The van der Waals surface area contributed by atoms with Crippen molar-refractivity contribution in [3.05, 3.63) is 115 Å². The molecule has 0 amide bonds. The molecule has 0 spiro atoms. The molecule has 0 radical (unpaired) electrons. The normalized spacial score (nSPS) is 11.0. The van der Waals surface area contributed by atoms with E-state index in [0.717, 1.165) is 44.1 Å². The van der Waals surface area contributed by atoms with E-state index in [-0.39, 0.29) is 0 Å². The summed E-state index contributed by atoms with van der Waals surface area (Å²) < 4.78 is 6.94. The van der Waals surface area contributed by atoms with Crippen LogP contribution in [0, 0.1) is 27.7 Å². The van der Waals surface area contributed by atoms with Crippen LogP contribution in [0.1, 0.15) is 22.3 Å². The molecule has 0 heterocycles. The molecule has 0 saturated heterocycles. The number of halogens is 4. The van der Waals surface area contributed by atoms with Crippen LogP contribution in [0.2, 0.25) is 20.1 Å². The molecular formula is C28H24B2Cl4O. The van der Waals surface area contributed by atoms with Gasteiger partial charge in [-0.1, -0.05) is 94.9 Å². The maximum Gasteiger partial charge on any atom is 0.347 e. The van der Waals surface area contributed by atoms with E-state index < -0.39 is 13.8 Å². The fraction of sp³-hybridized carbons (Fsp3) is 0.143. The van der Waals surface area contributed by atoms with Crippen LogP contribution < -0.4 is 21.9 Å². The van der Waals surface area contributed by atoms with E-state index in [9.17, 15) is 0 Å². The highest BCUT2D eigenvalue weighted by Crippen LogP contribution is 2.18. The third-order valence-corrected chi connectivity index (χ3v) is 7.90. The van der Waals surface area contributed by atoms with Gasteiger partial charge < -0.3 is 4.57 Å². The van der Waals surface area contributed by atoms with E-state index in [2.05, 4.69) is 0 Å². The Labute approximate surface area is 228 Å². The molecule has 0 aliphatic heterocycles. The molecule has 7 heteroatoms. The van der Waals surface area contributed by atoms with Crippen LogP contribution in [0.25, 0.3) is 0 Å². The average molecular weight is 540 g/mol. The van der Waals surface area contributed by atoms with Gasteiger partial charge in [0.25, 0.3) is 0 Å². The Hall–Kier alpha value is -1.87. The van der Waals surface area contributed by atoms with Crippen LogP contribution in [0.4, 0.5) is 0 Å². The number of rotatable bonds is 6. The van der Waals surface area contributed by atoms with Gasteiger partial charge in [-0.15, -0.1) is 0 Å². The van der Waals surface area contributed by atoms with Gasteiger partial charge in [0.2, 0.25) is 0 Å². The molecule has 0 N–H and O–H groups in total. The summed E-state index contributed by atoms with van der Waals surface area (Å²) in [6.45, 7) is 7.06. The molecule has 1 nitrogen and oxygen atoms in total. The van der Waals surface area contributed by atoms with Gasteiger partial charge in [-0.25, -0.2) is 0 Å². The van der Waals surface area contributed by atoms with Gasteiger partial charge in [0.15, 0.2) is 0 Å². The van der Waals surface area contributed by atoms with Crippen LogP contribution in [0.15, 0.2) is 72.8 Å². The highest BCUT2D eigenvalue weighted by molar-refractivity contribution is 6.92. The molecule has 4 aromatic rings. The molecule has 0 bridgehead atoms. The molecule has 0 saturated carbocycles. The zero-order valence-electron chi connectivity index (χ0n) is 20.0. The topological polar surface area (TPSA) is 9.23 Å². The minimum atomic E-state index is -0.434. The maximum absolute atomic E-state index is 6.94. The number of aryl methyl sites for hydroxylation is 4. The van der Waals surface area contributed by atoms with Crippen LogP contribution in [-0.2, 0) is 4.57 Å². The summed E-state index contributed by atoms with van der Waals surface area (Å²) in [5.74, 6) is 0. The summed E-state index contributed by atoms with van der Waals surface area (Å²) in [5.41, 5.74) is 7.74. The second-order valence-electron chi connectivity index (χ2n) is 8.93. The summed E-state index contributed by atoms with van der Waals surface area (Å²) >= 11 is 26.1. The predicted molar refractivity (Wildman–Crippen MR) is 156 cm³/mol. The number of benzene rings is 4. The predicted octanol–water partition coefficient (Wildman–Crippen LogP) is 6.46. The third-order valence-electron chi connectivity index (χ3n) is 6.27. The fourth-order valence-corrected chi connectivity index (χ4v) is 4.68. The zero-order valence-corrected chi connectivity index (χ0v) is 23.0. The van der Waals surface area contributed by atoms with Crippen LogP contribution in [0.5, 0.6) is 0 Å². The first-order valence-electron chi connectivity index (χ1n) is 11.3. The lowest BCUT2D eigenvalue weighted by Gasteiger charge is -2.24. The second-order valence-corrected chi connectivity index (χ2v) is 10.6. The van der Waals surface area contributed by atoms with E-state index in [1.54, 1.807) is 0 Å². The minimum Gasteiger partial charge on any atom is -0.484 e. The summed E-state index contributed by atoms with van der Waals surface area (Å²) in [4.78, 5) is 0. The highest BCUT2D eigenvalue weighted by atomic mass is 35.5. The van der Waals surface area contributed by atoms with Crippen molar-refractivity contribution in [1.29, 1.82) is 0 Å². The van der Waals surface area contributed by atoms with Crippen LogP contribution in [-0.4, -0.2) is 13.8 Å². The molecule has 4 rings (SSSR count). The van der Waals surface area contributed by atoms with Crippen molar-refractivity contribution in [2.45, 2.75) is 27.7 Å². The van der Waals surface area contributed by atoms with Gasteiger partial charge >= 0.3 is 13.8 Å². The van der Waals surface area contributed by atoms with Gasteiger partial charge in [0, 0.05) is 20.1 Å². The average Bonchev–Trinajstić information content (AvgIpc) is 2.82. The Morgan fingerprint density at radius 3 is 0.857 bits per heavy atom. The Morgan fingerprint density at radius 2 is 0.657 bits per heavy atom. The molecule has 0 aromatic heterocycles. The van der Waals surface area contributed by atoms with Crippen molar-refractivity contribution in [1.82, 2.24) is 0 Å². The van der Waals surface area contributed by atoms with E-state index in [1.807, 2.05) is 100 Å². The summed E-state index contributed by atoms with van der Waals surface area (Å²) in [6.07, 6.45) is 0. The Bertz CT molecular complexity index is 1180. The molecule has 0 aliphatic carbocycles. The fourth-order valence-electron chi connectivity index (χ4n) is 3.92. The van der Waals surface area contributed by atoms with E-state index in [4.69, 9.17) is 51.0 Å². The van der Waals surface area contributed by atoms with Crippen molar-refractivity contribution in [3.8, 4) is 0 Å². The first-order valence-corrected chi connectivity index (χ1v) is 12.8. The standard InChI is InChI=1S/C28H24B2Cl4O/c1-17-5-9-21(13-25(17)31)29(22-10-6-18(2)26(32)14-22)35-30(23-11-7-19(3)27(33)15-23)24-12-8-20(4)28(34)16-24/h5-16H,1-4H3. The summed E-state index contributed by atoms with van der Waals surface area (Å²) in [6, 6.07) is 24.0. The van der Waals surface area contributed by atoms with Gasteiger partial charge in [-0.3, -0.25) is 0 Å². The lowest BCUT2D eigenvalue weighted by molar-refractivity contribution is 0.633. The van der Waals surface area contributed by atoms with E-state index in [1.165, 1.54) is 0 Å². The highest BCUT2D eigenvalue weighted by Gasteiger charge is 2.31. The van der Waals surface area contributed by atoms with Gasteiger partial charge in [0.1, 0.15) is 0 Å². The maximum atomic E-state index is 6.94. The lowest BCUT2D eigenvalue weighted by Crippen LogP contribution is -2.56. The van der Waals surface area contributed by atoms with Gasteiger partial charge in [-0.05, 0) is 96.1 Å². The van der Waals surface area contributed by atoms with Crippen molar-refractivity contribution in [3.63, 3.8) is 0 Å². The summed E-state index contributed by atoms with van der Waals surface area (Å²) in [5, 5.41) is 2.73. The first-order chi connectivity index (χ1) is 16.6. The molecule has 4 aromatic carbocycles. The summed E-state index contributed by atoms with van der Waals surface area (Å²) in [7, 11) is 0. The lowest BCUT2D eigenvalue weighted by atomic mass is 9.47. The van der Waals surface area contributed by atoms with Crippen LogP contribution >= 0.6 is 46.4 Å². The Kier molecular flexibility index (Phi) is 8.26. The van der Waals surface area contributed by atoms with Crippen molar-refractivity contribution in [2.24, 2.45) is 0 Å². The van der Waals surface area contributed by atoms with Gasteiger partial charge in [-0.2, -0.15) is 0 Å².